The summed E-state index contributed by atoms with van der Waals surface area (Å²) in [5.74, 6) is -0.422. The number of alkyl halides is 3. The van der Waals surface area contributed by atoms with Gasteiger partial charge in [-0.15, -0.1) is 11.3 Å². The highest BCUT2D eigenvalue weighted by atomic mass is 32.1. The van der Waals surface area contributed by atoms with Crippen molar-refractivity contribution < 1.29 is 18.0 Å². The number of hydrogen-bond donors (Lipinski definition) is 0. The van der Waals surface area contributed by atoms with Crippen molar-refractivity contribution in [2.75, 3.05) is 0 Å². The minimum Gasteiger partial charge on any atom is -0.288 e. The predicted octanol–water partition coefficient (Wildman–Crippen LogP) is 4.01. The molecule has 6 heteroatoms. The molecule has 0 spiro atoms. The molecule has 0 amide bonds. The summed E-state index contributed by atoms with van der Waals surface area (Å²) in [6.07, 6.45) is -3.53. The van der Waals surface area contributed by atoms with Crippen molar-refractivity contribution in [3.8, 4) is 0 Å². The number of ketones is 1. The Morgan fingerprint density at radius 2 is 1.95 bits per heavy atom. The minimum absolute atomic E-state index is 0.000949. The van der Waals surface area contributed by atoms with Crippen LogP contribution in [0.1, 0.15) is 31.4 Å². The first-order valence-electron chi connectivity index (χ1n) is 5.44. The molecule has 2 rings (SSSR count). The molecule has 2 nitrogen and oxygen atoms in total. The molecule has 0 aliphatic heterocycles. The summed E-state index contributed by atoms with van der Waals surface area (Å²) in [7, 11) is 0. The number of carbonyl (C=O) groups is 1. The average Bonchev–Trinajstić information content (AvgIpc) is 2.81. The fraction of sp³-hybridized carbons (Fsp3) is 0.231. The van der Waals surface area contributed by atoms with Crippen LogP contribution in [0.3, 0.4) is 0 Å². The summed E-state index contributed by atoms with van der Waals surface area (Å²) in [5, 5.41) is -0.999. The number of thiazole rings is 1. The van der Waals surface area contributed by atoms with Gasteiger partial charge in [-0.2, -0.15) is 13.2 Å². The molecule has 1 aromatic carbocycles. The summed E-state index contributed by atoms with van der Waals surface area (Å²) >= 11 is 0.372. The summed E-state index contributed by atoms with van der Waals surface area (Å²) in [6, 6.07) is 5.17. The van der Waals surface area contributed by atoms with E-state index in [1.165, 1.54) is 0 Å². The van der Waals surface area contributed by atoms with Gasteiger partial charge in [-0.25, -0.2) is 4.98 Å². The highest BCUT2D eigenvalue weighted by molar-refractivity contribution is 7.14. The zero-order valence-electron chi connectivity index (χ0n) is 10.2. The van der Waals surface area contributed by atoms with Crippen LogP contribution in [0.5, 0.6) is 0 Å². The van der Waals surface area contributed by atoms with Crippen molar-refractivity contribution >= 4 is 17.1 Å². The number of aryl methyl sites for hydroxylation is 1. The van der Waals surface area contributed by atoms with Gasteiger partial charge >= 0.3 is 6.18 Å². The highest BCUT2D eigenvalue weighted by Crippen LogP contribution is 2.33. The Balaban J connectivity index is 2.40. The van der Waals surface area contributed by atoms with E-state index in [-0.39, 0.29) is 4.88 Å². The van der Waals surface area contributed by atoms with Gasteiger partial charge in [0.05, 0.1) is 4.88 Å². The summed E-state index contributed by atoms with van der Waals surface area (Å²) in [6.45, 7) is 3.62. The van der Waals surface area contributed by atoms with Crippen LogP contribution in [0.2, 0.25) is 0 Å². The number of benzene rings is 1. The van der Waals surface area contributed by atoms with E-state index in [1.807, 2.05) is 13.0 Å². The molecule has 0 fully saturated rings. The SMILES string of the molecule is Cc1cccc(C(=O)c2cnc(C(F)(F)F)s2)c1C. The molecule has 0 N–H and O–H groups in total. The van der Waals surface area contributed by atoms with E-state index >= 15 is 0 Å². The number of rotatable bonds is 2. The smallest absolute Gasteiger partial charge is 0.288 e. The first kappa shape index (κ1) is 13.7. The molecule has 100 valence electrons. The zero-order valence-corrected chi connectivity index (χ0v) is 11.0. The number of aromatic nitrogens is 1. The molecule has 0 saturated heterocycles. The standard InChI is InChI=1S/C13H10F3NOS/c1-7-4-3-5-9(8(7)2)11(18)10-6-17-12(19-10)13(14,15)16/h3-6H,1-2H3. The first-order valence-corrected chi connectivity index (χ1v) is 6.26. The van der Waals surface area contributed by atoms with Crippen molar-refractivity contribution in [1.82, 2.24) is 4.98 Å². The third kappa shape index (κ3) is 2.68. The molecule has 19 heavy (non-hydrogen) atoms. The lowest BCUT2D eigenvalue weighted by atomic mass is 10.00. The Labute approximate surface area is 111 Å². The van der Waals surface area contributed by atoms with Gasteiger partial charge in [0.2, 0.25) is 5.78 Å². The van der Waals surface area contributed by atoms with Gasteiger partial charge in [0.1, 0.15) is 0 Å². The van der Waals surface area contributed by atoms with Crippen molar-refractivity contribution in [2.45, 2.75) is 20.0 Å². The molecule has 0 saturated carbocycles. The number of nitrogens with zero attached hydrogens (tertiary/aromatic N) is 1. The normalized spacial score (nSPS) is 11.6. The second kappa shape index (κ2) is 4.77. The van der Waals surface area contributed by atoms with E-state index in [0.29, 0.717) is 16.9 Å². The third-order valence-corrected chi connectivity index (χ3v) is 3.86. The van der Waals surface area contributed by atoms with Crippen molar-refractivity contribution in [1.29, 1.82) is 0 Å². The fourth-order valence-corrected chi connectivity index (χ4v) is 2.38. The number of carbonyl (C=O) groups excluding carboxylic acids is 1. The summed E-state index contributed by atoms with van der Waals surface area (Å²) in [5.41, 5.74) is 2.11. The van der Waals surface area contributed by atoms with Gasteiger partial charge in [-0.3, -0.25) is 4.79 Å². The van der Waals surface area contributed by atoms with Gasteiger partial charge in [0, 0.05) is 11.8 Å². The van der Waals surface area contributed by atoms with Gasteiger partial charge in [0.15, 0.2) is 5.01 Å². The van der Waals surface area contributed by atoms with Gasteiger partial charge < -0.3 is 0 Å². The fourth-order valence-electron chi connectivity index (χ4n) is 1.64. The van der Waals surface area contributed by atoms with Gasteiger partial charge in [0.25, 0.3) is 0 Å². The molecule has 2 aromatic rings. The Hall–Kier alpha value is -1.69. The van der Waals surface area contributed by atoms with Crippen LogP contribution in [-0.2, 0) is 6.18 Å². The van der Waals surface area contributed by atoms with E-state index in [9.17, 15) is 18.0 Å². The lowest BCUT2D eigenvalue weighted by Gasteiger charge is -2.05. The monoisotopic (exact) mass is 285 g/mol. The van der Waals surface area contributed by atoms with Crippen LogP contribution in [0.25, 0.3) is 0 Å². The van der Waals surface area contributed by atoms with Gasteiger partial charge in [-0.1, -0.05) is 18.2 Å². The van der Waals surface area contributed by atoms with Crippen molar-refractivity contribution in [2.24, 2.45) is 0 Å². The Kier molecular flexibility index (Phi) is 3.45. The van der Waals surface area contributed by atoms with Gasteiger partial charge in [-0.05, 0) is 25.0 Å². The topological polar surface area (TPSA) is 30.0 Å². The lowest BCUT2D eigenvalue weighted by molar-refractivity contribution is -0.137. The number of hydrogen-bond acceptors (Lipinski definition) is 3. The maximum Gasteiger partial charge on any atom is 0.443 e. The molecule has 0 aliphatic rings. The zero-order chi connectivity index (χ0) is 14.2. The second-order valence-electron chi connectivity index (χ2n) is 4.10. The van der Waals surface area contributed by atoms with Crippen molar-refractivity contribution in [3.05, 3.63) is 51.0 Å². The van der Waals surface area contributed by atoms with E-state index in [0.717, 1.165) is 17.3 Å². The first-order chi connectivity index (χ1) is 8.80. The average molecular weight is 285 g/mol. The van der Waals surface area contributed by atoms with E-state index < -0.39 is 17.0 Å². The molecule has 0 bridgehead atoms. The second-order valence-corrected chi connectivity index (χ2v) is 5.13. The lowest BCUT2D eigenvalue weighted by Crippen LogP contribution is -2.03. The predicted molar refractivity (Wildman–Crippen MR) is 66.5 cm³/mol. The largest absolute Gasteiger partial charge is 0.443 e. The van der Waals surface area contributed by atoms with Crippen LogP contribution in [-0.4, -0.2) is 10.8 Å². The summed E-state index contributed by atoms with van der Waals surface area (Å²) < 4.78 is 37.3. The quantitative estimate of drug-likeness (QED) is 0.780. The van der Waals surface area contributed by atoms with E-state index in [2.05, 4.69) is 4.98 Å². The third-order valence-electron chi connectivity index (χ3n) is 2.82. The molecule has 1 heterocycles. The van der Waals surface area contributed by atoms with Crippen LogP contribution in [0.4, 0.5) is 13.2 Å². The highest BCUT2D eigenvalue weighted by Gasteiger charge is 2.35. The molecule has 0 atom stereocenters. The van der Waals surface area contributed by atoms with E-state index in [4.69, 9.17) is 0 Å². The molecule has 0 aliphatic carbocycles. The Morgan fingerprint density at radius 1 is 1.26 bits per heavy atom. The molecule has 0 radical (unpaired) electrons. The van der Waals surface area contributed by atoms with Crippen LogP contribution in [0.15, 0.2) is 24.4 Å². The van der Waals surface area contributed by atoms with Crippen LogP contribution in [0, 0.1) is 13.8 Å². The molecular formula is C13H10F3NOS. The maximum absolute atomic E-state index is 12.4. The van der Waals surface area contributed by atoms with Crippen LogP contribution < -0.4 is 0 Å². The summed E-state index contributed by atoms with van der Waals surface area (Å²) in [4.78, 5) is 15.4. The Bertz CT molecular complexity index is 631. The van der Waals surface area contributed by atoms with Crippen molar-refractivity contribution in [3.63, 3.8) is 0 Å². The molecular weight excluding hydrogens is 275 g/mol. The van der Waals surface area contributed by atoms with E-state index in [1.54, 1.807) is 19.1 Å². The minimum atomic E-state index is -4.51. The molecule has 1 aromatic heterocycles. The molecule has 0 unspecified atom stereocenters. The maximum atomic E-state index is 12.4. The Morgan fingerprint density at radius 3 is 2.53 bits per heavy atom. The van der Waals surface area contributed by atoms with Crippen LogP contribution >= 0.6 is 11.3 Å². The number of halogens is 3.